The molecule has 0 saturated carbocycles. The zero-order chi connectivity index (χ0) is 24.0. The zero-order valence-corrected chi connectivity index (χ0v) is 19.4. The molecular weight excluding hydrogens is 459 g/mol. The van der Waals surface area contributed by atoms with Crippen LogP contribution < -0.4 is 11.1 Å². The lowest BCUT2D eigenvalue weighted by Gasteiger charge is -2.30. The van der Waals surface area contributed by atoms with E-state index in [2.05, 4.69) is 9.97 Å². The summed E-state index contributed by atoms with van der Waals surface area (Å²) < 4.78 is 22.3. The lowest BCUT2D eigenvalue weighted by molar-refractivity contribution is 0.00438. The first-order valence-corrected chi connectivity index (χ1v) is 11.4. The molecule has 4 aromatic rings. The Balaban J connectivity index is 1.66. The van der Waals surface area contributed by atoms with Gasteiger partial charge in [0.15, 0.2) is 5.65 Å². The number of nitrogens with zero attached hydrogens (tertiary/aromatic N) is 3. The molecule has 4 heterocycles. The lowest BCUT2D eigenvalue weighted by Crippen LogP contribution is -2.24. The van der Waals surface area contributed by atoms with Crippen molar-refractivity contribution >= 4 is 17.2 Å². The fourth-order valence-corrected chi connectivity index (χ4v) is 4.49. The Morgan fingerprint density at radius 3 is 2.74 bits per heavy atom. The Morgan fingerprint density at radius 1 is 1.18 bits per heavy atom. The Hall–Kier alpha value is -3.36. The molecule has 0 aliphatic carbocycles. The smallest absolute Gasteiger partial charge is 0.261 e. The van der Waals surface area contributed by atoms with Gasteiger partial charge >= 0.3 is 0 Å². The quantitative estimate of drug-likeness (QED) is 0.466. The number of aromatic amines is 1. The van der Waals surface area contributed by atoms with Gasteiger partial charge in [-0.1, -0.05) is 11.6 Å². The third-order valence-electron chi connectivity index (χ3n) is 6.37. The molecule has 1 aromatic carbocycles. The molecule has 1 aliphatic rings. The number of H-pyrrole nitrogens is 1. The molecule has 174 valence electrons. The molecule has 5 rings (SSSR count). The van der Waals surface area contributed by atoms with Crippen LogP contribution in [0.25, 0.3) is 16.9 Å². The summed E-state index contributed by atoms with van der Waals surface area (Å²) in [6, 6.07) is 7.58. The highest BCUT2D eigenvalue weighted by Gasteiger charge is 2.28. The number of rotatable bonds is 3. The highest BCUT2D eigenvalue weighted by molar-refractivity contribution is 6.30. The Kier molecular flexibility index (Phi) is 5.79. The van der Waals surface area contributed by atoms with Gasteiger partial charge in [0.1, 0.15) is 11.5 Å². The molecule has 34 heavy (non-hydrogen) atoms. The van der Waals surface area contributed by atoms with Gasteiger partial charge in [-0.15, -0.1) is 0 Å². The van der Waals surface area contributed by atoms with Crippen LogP contribution in [0.15, 0.2) is 52.3 Å². The number of aryl methyl sites for hydroxylation is 1. The number of halogens is 2. The molecule has 1 saturated heterocycles. The van der Waals surface area contributed by atoms with E-state index < -0.39 is 5.82 Å². The van der Waals surface area contributed by atoms with Crippen LogP contribution in [-0.2, 0) is 4.74 Å². The number of hydrogen-bond donors (Lipinski definition) is 1. The predicted molar refractivity (Wildman–Crippen MR) is 127 cm³/mol. The van der Waals surface area contributed by atoms with Gasteiger partial charge in [-0.2, -0.15) is 0 Å². The van der Waals surface area contributed by atoms with Gasteiger partial charge in [0.25, 0.3) is 5.56 Å². The first-order valence-electron chi connectivity index (χ1n) is 11.0. The summed E-state index contributed by atoms with van der Waals surface area (Å²) in [5.41, 5.74) is 3.02. The fraction of sp³-hybridized carbons (Fsp3) is 0.280. The first-order chi connectivity index (χ1) is 16.3. The minimum absolute atomic E-state index is 0.0438. The van der Waals surface area contributed by atoms with Crippen molar-refractivity contribution in [2.24, 2.45) is 0 Å². The molecule has 1 aliphatic heterocycles. The van der Waals surface area contributed by atoms with Gasteiger partial charge in [-0.05, 0) is 56.5 Å². The summed E-state index contributed by atoms with van der Waals surface area (Å²) >= 11 is 5.96. The SMILES string of the molecule is Cc1nc2c(-c3ccc(Cl)cc3F)nc([C@@H]3CCO[C@@H](c4ccc(=O)[nH]c4)C3)cn2c(=O)c1C. The van der Waals surface area contributed by atoms with Crippen LogP contribution in [0.3, 0.4) is 0 Å². The molecule has 0 bridgehead atoms. The van der Waals surface area contributed by atoms with E-state index in [-0.39, 0.29) is 33.7 Å². The van der Waals surface area contributed by atoms with E-state index >= 15 is 0 Å². The summed E-state index contributed by atoms with van der Waals surface area (Å²) in [5, 5.41) is 0.270. The summed E-state index contributed by atoms with van der Waals surface area (Å²) in [4.78, 5) is 36.7. The average Bonchev–Trinajstić information content (AvgIpc) is 2.83. The molecule has 0 radical (unpaired) electrons. The van der Waals surface area contributed by atoms with Crippen LogP contribution in [0.4, 0.5) is 4.39 Å². The van der Waals surface area contributed by atoms with E-state index in [1.165, 1.54) is 16.5 Å². The largest absolute Gasteiger partial charge is 0.373 e. The van der Waals surface area contributed by atoms with Crippen molar-refractivity contribution in [3.8, 4) is 11.3 Å². The van der Waals surface area contributed by atoms with Gasteiger partial charge in [0, 0.05) is 52.8 Å². The van der Waals surface area contributed by atoms with Crippen LogP contribution in [0, 0.1) is 19.7 Å². The number of aromatic nitrogens is 4. The Morgan fingerprint density at radius 2 is 2.00 bits per heavy atom. The van der Waals surface area contributed by atoms with Gasteiger partial charge in [0.2, 0.25) is 5.56 Å². The maximum Gasteiger partial charge on any atom is 0.261 e. The third kappa shape index (κ3) is 4.03. The van der Waals surface area contributed by atoms with E-state index in [1.54, 1.807) is 44.4 Å². The second-order valence-corrected chi connectivity index (χ2v) is 8.96. The van der Waals surface area contributed by atoms with Crippen molar-refractivity contribution in [1.82, 2.24) is 19.4 Å². The number of pyridine rings is 1. The second kappa shape index (κ2) is 8.77. The number of fused-ring (bicyclic) bond motifs is 1. The highest BCUT2D eigenvalue weighted by atomic mass is 35.5. The molecule has 3 aromatic heterocycles. The summed E-state index contributed by atoms with van der Waals surface area (Å²) in [5.74, 6) is -0.581. The Bertz CT molecular complexity index is 1510. The van der Waals surface area contributed by atoms with Crippen molar-refractivity contribution in [3.05, 3.63) is 96.8 Å². The topological polar surface area (TPSA) is 89.3 Å². The van der Waals surface area contributed by atoms with E-state index in [4.69, 9.17) is 21.3 Å². The number of benzene rings is 1. The Labute approximate surface area is 199 Å². The number of nitrogens with one attached hydrogen (secondary N) is 1. The lowest BCUT2D eigenvalue weighted by atomic mass is 9.90. The number of ether oxygens (including phenoxy) is 1. The van der Waals surface area contributed by atoms with Crippen molar-refractivity contribution < 1.29 is 9.13 Å². The van der Waals surface area contributed by atoms with Crippen molar-refractivity contribution in [1.29, 1.82) is 0 Å². The van der Waals surface area contributed by atoms with E-state index in [0.29, 0.717) is 47.7 Å². The molecule has 2 atom stereocenters. The predicted octanol–water partition coefficient (Wildman–Crippen LogP) is 4.49. The van der Waals surface area contributed by atoms with Crippen LogP contribution in [0.5, 0.6) is 0 Å². The zero-order valence-electron chi connectivity index (χ0n) is 18.6. The maximum absolute atomic E-state index is 14.9. The second-order valence-electron chi connectivity index (χ2n) is 8.53. The van der Waals surface area contributed by atoms with E-state index in [9.17, 15) is 14.0 Å². The van der Waals surface area contributed by atoms with E-state index in [1.807, 2.05) is 0 Å². The third-order valence-corrected chi connectivity index (χ3v) is 6.60. The first kappa shape index (κ1) is 22.4. The molecule has 0 spiro atoms. The fourth-order valence-electron chi connectivity index (χ4n) is 4.33. The molecule has 0 unspecified atom stereocenters. The molecular formula is C25H22ClFN4O3. The van der Waals surface area contributed by atoms with Crippen molar-refractivity contribution in [2.45, 2.75) is 38.7 Å². The van der Waals surface area contributed by atoms with Crippen LogP contribution >= 0.6 is 11.6 Å². The van der Waals surface area contributed by atoms with Crippen LogP contribution in [0.1, 0.15) is 47.4 Å². The molecule has 1 N–H and O–H groups in total. The van der Waals surface area contributed by atoms with E-state index in [0.717, 1.165) is 5.56 Å². The minimum atomic E-state index is -0.537. The summed E-state index contributed by atoms with van der Waals surface area (Å²) in [6.07, 6.45) is 4.40. The average molecular weight is 481 g/mol. The summed E-state index contributed by atoms with van der Waals surface area (Å²) in [7, 11) is 0. The molecule has 1 fully saturated rings. The van der Waals surface area contributed by atoms with Gasteiger partial charge in [-0.3, -0.25) is 14.0 Å². The minimum Gasteiger partial charge on any atom is -0.373 e. The normalized spacial score (nSPS) is 18.4. The highest BCUT2D eigenvalue weighted by Crippen LogP contribution is 2.37. The van der Waals surface area contributed by atoms with Crippen LogP contribution in [-0.4, -0.2) is 26.0 Å². The monoisotopic (exact) mass is 480 g/mol. The van der Waals surface area contributed by atoms with Gasteiger partial charge < -0.3 is 9.72 Å². The van der Waals surface area contributed by atoms with Crippen LogP contribution in [0.2, 0.25) is 5.02 Å². The molecule has 0 amide bonds. The summed E-state index contributed by atoms with van der Waals surface area (Å²) in [6.45, 7) is 3.96. The maximum atomic E-state index is 14.9. The van der Waals surface area contributed by atoms with Crippen molar-refractivity contribution in [2.75, 3.05) is 6.61 Å². The van der Waals surface area contributed by atoms with Gasteiger partial charge in [0.05, 0.1) is 11.8 Å². The molecule has 9 heteroatoms. The molecule has 7 nitrogen and oxygen atoms in total. The standard InChI is InChI=1S/C25H22ClFN4O3/c1-13-14(2)29-24-23(18-5-4-17(26)10-19(18)27)30-20(12-31(24)25(13)33)15-7-8-34-21(9-15)16-3-6-22(32)28-11-16/h3-6,10-12,15,21H,7-9H2,1-2H3,(H,28,32)/t15-,21-/m1/s1. The number of hydrogen-bond acceptors (Lipinski definition) is 5. The van der Waals surface area contributed by atoms with Crippen molar-refractivity contribution in [3.63, 3.8) is 0 Å². The van der Waals surface area contributed by atoms with Gasteiger partial charge in [-0.25, -0.2) is 14.4 Å².